The minimum absolute atomic E-state index is 0.275. The number of benzene rings is 2. The lowest BCUT2D eigenvalue weighted by Gasteiger charge is -2.24. The van der Waals surface area contributed by atoms with Crippen LogP contribution in [0.4, 0.5) is 4.39 Å². The van der Waals surface area contributed by atoms with E-state index in [-0.39, 0.29) is 5.82 Å². The molecule has 1 N–H and O–H groups in total. The molecule has 0 saturated heterocycles. The van der Waals surface area contributed by atoms with Gasteiger partial charge in [0.05, 0.1) is 10.1 Å². The Bertz CT molecular complexity index is 668. The molecule has 0 heterocycles. The Labute approximate surface area is 126 Å². The summed E-state index contributed by atoms with van der Waals surface area (Å²) >= 11 is 3.20. The molecule has 3 rings (SSSR count). The maximum atomic E-state index is 13.3. The summed E-state index contributed by atoms with van der Waals surface area (Å²) in [5.41, 5.74) is 3.51. The quantitative estimate of drug-likeness (QED) is 0.869. The highest BCUT2D eigenvalue weighted by Crippen LogP contribution is 2.40. The zero-order valence-electron chi connectivity index (χ0n) is 11.3. The van der Waals surface area contributed by atoms with Crippen LogP contribution in [0.3, 0.4) is 0 Å². The van der Waals surface area contributed by atoms with E-state index >= 15 is 0 Å². The molecule has 0 radical (unpaired) electrons. The fraction of sp³-hybridized carbons (Fsp3) is 0.294. The van der Waals surface area contributed by atoms with Crippen molar-refractivity contribution in [2.24, 2.45) is 0 Å². The topological polar surface area (TPSA) is 20.2 Å². The van der Waals surface area contributed by atoms with E-state index in [1.807, 2.05) is 6.92 Å². The molecule has 1 aliphatic rings. The summed E-state index contributed by atoms with van der Waals surface area (Å²) in [5, 5.41) is 11.0. The first kappa shape index (κ1) is 13.8. The van der Waals surface area contributed by atoms with Crippen LogP contribution in [0, 0.1) is 12.7 Å². The zero-order chi connectivity index (χ0) is 14.3. The summed E-state index contributed by atoms with van der Waals surface area (Å²) in [4.78, 5) is 0. The van der Waals surface area contributed by atoms with Crippen LogP contribution in [-0.2, 0) is 18.4 Å². The van der Waals surface area contributed by atoms with Crippen LogP contribution in [0.15, 0.2) is 40.9 Å². The molecule has 1 aliphatic carbocycles. The van der Waals surface area contributed by atoms with Crippen LogP contribution in [0.1, 0.15) is 28.7 Å². The van der Waals surface area contributed by atoms with Gasteiger partial charge in [-0.05, 0) is 64.5 Å². The van der Waals surface area contributed by atoms with Gasteiger partial charge >= 0.3 is 0 Å². The molecule has 3 heteroatoms. The lowest BCUT2D eigenvalue weighted by Crippen LogP contribution is -2.25. The fourth-order valence-electron chi connectivity index (χ4n) is 2.99. The van der Waals surface area contributed by atoms with E-state index in [0.717, 1.165) is 29.5 Å². The molecule has 1 unspecified atom stereocenters. The minimum atomic E-state index is -0.835. The Morgan fingerprint density at radius 2 is 2.05 bits per heavy atom. The van der Waals surface area contributed by atoms with Crippen molar-refractivity contribution in [1.82, 2.24) is 0 Å². The SMILES string of the molecule is Cc1ccc2c(c1)C(O)(Cc1ccc(F)c(Br)c1)CC2. The van der Waals surface area contributed by atoms with E-state index in [1.54, 1.807) is 12.1 Å². The summed E-state index contributed by atoms with van der Waals surface area (Å²) in [5.74, 6) is -0.275. The number of fused-ring (bicyclic) bond motifs is 1. The van der Waals surface area contributed by atoms with Crippen molar-refractivity contribution in [3.05, 3.63) is 68.9 Å². The van der Waals surface area contributed by atoms with Crippen molar-refractivity contribution < 1.29 is 9.50 Å². The van der Waals surface area contributed by atoms with Gasteiger partial charge in [0.25, 0.3) is 0 Å². The first-order valence-corrected chi connectivity index (χ1v) is 7.53. The van der Waals surface area contributed by atoms with E-state index < -0.39 is 5.60 Å². The Morgan fingerprint density at radius 3 is 2.80 bits per heavy atom. The molecule has 0 fully saturated rings. The maximum Gasteiger partial charge on any atom is 0.137 e. The lowest BCUT2D eigenvalue weighted by atomic mass is 9.88. The summed E-state index contributed by atoms with van der Waals surface area (Å²) in [6.07, 6.45) is 2.14. The van der Waals surface area contributed by atoms with Gasteiger partial charge in [0, 0.05) is 6.42 Å². The molecule has 104 valence electrons. The summed E-state index contributed by atoms with van der Waals surface area (Å²) in [6, 6.07) is 11.2. The van der Waals surface area contributed by atoms with Gasteiger partial charge in [0.15, 0.2) is 0 Å². The lowest BCUT2D eigenvalue weighted by molar-refractivity contribution is 0.0389. The highest BCUT2D eigenvalue weighted by Gasteiger charge is 2.36. The van der Waals surface area contributed by atoms with Crippen LogP contribution in [0.25, 0.3) is 0 Å². The number of hydrogen-bond donors (Lipinski definition) is 1. The van der Waals surface area contributed by atoms with E-state index in [1.165, 1.54) is 11.6 Å². The van der Waals surface area contributed by atoms with Gasteiger partial charge in [-0.1, -0.05) is 29.8 Å². The molecule has 20 heavy (non-hydrogen) atoms. The summed E-state index contributed by atoms with van der Waals surface area (Å²) in [6.45, 7) is 2.04. The summed E-state index contributed by atoms with van der Waals surface area (Å²) < 4.78 is 13.7. The first-order chi connectivity index (χ1) is 9.48. The van der Waals surface area contributed by atoms with Crippen LogP contribution in [-0.4, -0.2) is 5.11 Å². The third-order valence-corrected chi connectivity index (χ3v) is 4.66. The minimum Gasteiger partial charge on any atom is -0.385 e. The number of aryl methyl sites for hydroxylation is 2. The molecular formula is C17H16BrFO. The average molecular weight is 335 g/mol. The highest BCUT2D eigenvalue weighted by atomic mass is 79.9. The molecule has 1 nitrogen and oxygen atoms in total. The molecule has 0 saturated carbocycles. The van der Waals surface area contributed by atoms with Crippen LogP contribution in [0.2, 0.25) is 0 Å². The van der Waals surface area contributed by atoms with E-state index in [0.29, 0.717) is 10.9 Å². The Kier molecular flexibility index (Phi) is 3.43. The van der Waals surface area contributed by atoms with Crippen LogP contribution < -0.4 is 0 Å². The van der Waals surface area contributed by atoms with Crippen molar-refractivity contribution >= 4 is 15.9 Å². The van der Waals surface area contributed by atoms with Gasteiger partial charge in [-0.2, -0.15) is 0 Å². The second-order valence-electron chi connectivity index (χ2n) is 5.62. The van der Waals surface area contributed by atoms with Gasteiger partial charge in [0.1, 0.15) is 5.82 Å². The number of halogens is 2. The van der Waals surface area contributed by atoms with Crippen molar-refractivity contribution in [3.8, 4) is 0 Å². The average Bonchev–Trinajstić information content (AvgIpc) is 2.72. The van der Waals surface area contributed by atoms with E-state index in [2.05, 4.69) is 34.1 Å². The summed E-state index contributed by atoms with van der Waals surface area (Å²) in [7, 11) is 0. The van der Waals surface area contributed by atoms with Crippen molar-refractivity contribution in [2.75, 3.05) is 0 Å². The second-order valence-corrected chi connectivity index (χ2v) is 6.47. The van der Waals surface area contributed by atoms with Gasteiger partial charge < -0.3 is 5.11 Å². The van der Waals surface area contributed by atoms with Crippen molar-refractivity contribution in [2.45, 2.75) is 31.8 Å². The smallest absolute Gasteiger partial charge is 0.137 e. The first-order valence-electron chi connectivity index (χ1n) is 6.74. The Hall–Kier alpha value is -1.19. The third-order valence-electron chi connectivity index (χ3n) is 4.06. The molecule has 0 bridgehead atoms. The molecule has 1 atom stereocenters. The molecule has 2 aromatic carbocycles. The second kappa shape index (κ2) is 4.97. The monoisotopic (exact) mass is 334 g/mol. The zero-order valence-corrected chi connectivity index (χ0v) is 12.9. The Morgan fingerprint density at radius 1 is 1.25 bits per heavy atom. The molecule has 0 spiro atoms. The van der Waals surface area contributed by atoms with Gasteiger partial charge in [0.2, 0.25) is 0 Å². The van der Waals surface area contributed by atoms with Crippen LogP contribution >= 0.6 is 15.9 Å². The standard InChI is InChI=1S/C17H16BrFO/c1-11-2-4-13-6-7-17(20,14(13)8-11)10-12-3-5-16(19)15(18)9-12/h2-5,8-9,20H,6-7,10H2,1H3. The van der Waals surface area contributed by atoms with Gasteiger partial charge in [-0.15, -0.1) is 0 Å². The number of hydrogen-bond acceptors (Lipinski definition) is 1. The highest BCUT2D eigenvalue weighted by molar-refractivity contribution is 9.10. The Balaban J connectivity index is 1.95. The van der Waals surface area contributed by atoms with E-state index in [9.17, 15) is 9.50 Å². The van der Waals surface area contributed by atoms with Crippen molar-refractivity contribution in [1.29, 1.82) is 0 Å². The molecular weight excluding hydrogens is 319 g/mol. The molecule has 0 amide bonds. The fourth-order valence-corrected chi connectivity index (χ4v) is 3.41. The maximum absolute atomic E-state index is 13.3. The predicted octanol–water partition coefficient (Wildman–Crippen LogP) is 4.27. The third kappa shape index (κ3) is 2.40. The molecule has 2 aromatic rings. The van der Waals surface area contributed by atoms with E-state index in [4.69, 9.17) is 0 Å². The number of aliphatic hydroxyl groups is 1. The predicted molar refractivity (Wildman–Crippen MR) is 81.2 cm³/mol. The van der Waals surface area contributed by atoms with Gasteiger partial charge in [-0.25, -0.2) is 4.39 Å². The molecule has 0 aromatic heterocycles. The van der Waals surface area contributed by atoms with Crippen molar-refractivity contribution in [3.63, 3.8) is 0 Å². The largest absolute Gasteiger partial charge is 0.385 e. The van der Waals surface area contributed by atoms with Crippen LogP contribution in [0.5, 0.6) is 0 Å². The van der Waals surface area contributed by atoms with Gasteiger partial charge in [-0.3, -0.25) is 0 Å². The molecule has 0 aliphatic heterocycles. The normalized spacial score (nSPS) is 21.0. The number of rotatable bonds is 2.